The highest BCUT2D eigenvalue weighted by Crippen LogP contribution is 2.36. The summed E-state index contributed by atoms with van der Waals surface area (Å²) in [5, 5.41) is 10.4. The van der Waals surface area contributed by atoms with Crippen LogP contribution in [0.5, 0.6) is 0 Å². The molecule has 0 saturated heterocycles. The first-order valence-corrected chi connectivity index (χ1v) is 6.44. The minimum atomic E-state index is -1.72. The molecule has 0 aromatic rings. The Morgan fingerprint density at radius 2 is 1.70 bits per heavy atom. The third-order valence-corrected chi connectivity index (χ3v) is 6.68. The molecule has 0 amide bonds. The standard InChI is InChI=1S/C7H17O2Si/c1-7(2,3)10(4,5)9-6-8/h6H2,1-5H3. The maximum atomic E-state index is 10.2. The summed E-state index contributed by atoms with van der Waals surface area (Å²) in [6.07, 6.45) is 0. The first-order chi connectivity index (χ1) is 4.31. The molecule has 0 aliphatic carbocycles. The monoisotopic (exact) mass is 161 g/mol. The Labute approximate surface area is 64.3 Å². The summed E-state index contributed by atoms with van der Waals surface area (Å²) < 4.78 is 5.18. The van der Waals surface area contributed by atoms with Gasteiger partial charge in [0.05, 0.1) is 0 Å². The predicted molar refractivity (Wildman–Crippen MR) is 43.8 cm³/mol. The predicted octanol–water partition coefficient (Wildman–Crippen LogP) is 2.40. The maximum Gasteiger partial charge on any atom is 0.195 e. The number of hydrogen-bond acceptors (Lipinski definition) is 1. The molecule has 3 heteroatoms. The molecule has 0 fully saturated rings. The van der Waals surface area contributed by atoms with Crippen molar-refractivity contribution in [3.63, 3.8) is 0 Å². The Kier molecular flexibility index (Phi) is 3.07. The van der Waals surface area contributed by atoms with Crippen LogP contribution in [0.1, 0.15) is 20.8 Å². The fraction of sp³-hybridized carbons (Fsp3) is 1.00. The highest BCUT2D eigenvalue weighted by molar-refractivity contribution is 6.74. The molecule has 0 heterocycles. The molecule has 0 saturated carbocycles. The van der Waals surface area contributed by atoms with Gasteiger partial charge in [0.1, 0.15) is 0 Å². The van der Waals surface area contributed by atoms with E-state index in [9.17, 15) is 5.11 Å². The zero-order chi connectivity index (χ0) is 8.41. The van der Waals surface area contributed by atoms with Crippen molar-refractivity contribution in [2.24, 2.45) is 0 Å². The van der Waals surface area contributed by atoms with Crippen molar-refractivity contribution in [3.05, 3.63) is 0 Å². The molecule has 0 aliphatic rings. The van der Waals surface area contributed by atoms with Crippen molar-refractivity contribution in [1.82, 2.24) is 0 Å². The van der Waals surface area contributed by atoms with Gasteiger partial charge in [-0.3, -0.25) is 0 Å². The van der Waals surface area contributed by atoms with E-state index in [-0.39, 0.29) is 5.04 Å². The van der Waals surface area contributed by atoms with Gasteiger partial charge in [0.2, 0.25) is 0 Å². The summed E-state index contributed by atoms with van der Waals surface area (Å²) in [6, 6.07) is 0. The van der Waals surface area contributed by atoms with Gasteiger partial charge in [0.15, 0.2) is 15.1 Å². The largest absolute Gasteiger partial charge is 0.392 e. The van der Waals surface area contributed by atoms with Gasteiger partial charge < -0.3 is 4.43 Å². The fourth-order valence-electron chi connectivity index (χ4n) is 0.364. The van der Waals surface area contributed by atoms with Crippen LogP contribution in [0.2, 0.25) is 18.1 Å². The van der Waals surface area contributed by atoms with Gasteiger partial charge in [-0.25, -0.2) is 5.11 Å². The highest BCUT2D eigenvalue weighted by atomic mass is 28.4. The van der Waals surface area contributed by atoms with Crippen LogP contribution in [0.25, 0.3) is 0 Å². The lowest BCUT2D eigenvalue weighted by molar-refractivity contribution is 0.0273. The highest BCUT2D eigenvalue weighted by Gasteiger charge is 2.36. The van der Waals surface area contributed by atoms with E-state index in [4.69, 9.17) is 4.43 Å². The molecule has 0 unspecified atom stereocenters. The van der Waals surface area contributed by atoms with Crippen LogP contribution in [0.4, 0.5) is 0 Å². The lowest BCUT2D eigenvalue weighted by atomic mass is 10.2. The molecular weight excluding hydrogens is 144 g/mol. The van der Waals surface area contributed by atoms with Crippen molar-refractivity contribution < 1.29 is 9.53 Å². The SMILES string of the molecule is CC(C)(C)[Si](C)(C)OC[O]. The summed E-state index contributed by atoms with van der Waals surface area (Å²) in [5.74, 6) is 0. The normalized spacial score (nSPS) is 13.8. The van der Waals surface area contributed by atoms with Crippen LogP contribution in [-0.4, -0.2) is 15.1 Å². The van der Waals surface area contributed by atoms with E-state index in [0.717, 1.165) is 0 Å². The topological polar surface area (TPSA) is 29.1 Å². The van der Waals surface area contributed by atoms with Crippen molar-refractivity contribution >= 4 is 8.32 Å². The summed E-state index contributed by atoms with van der Waals surface area (Å²) in [6.45, 7) is 10.1. The van der Waals surface area contributed by atoms with Gasteiger partial charge in [-0.1, -0.05) is 20.8 Å². The van der Waals surface area contributed by atoms with Gasteiger partial charge in [-0.05, 0) is 18.1 Å². The van der Waals surface area contributed by atoms with E-state index < -0.39 is 15.1 Å². The maximum absolute atomic E-state index is 10.2. The van der Waals surface area contributed by atoms with Crippen LogP contribution in [0, 0.1) is 0 Å². The van der Waals surface area contributed by atoms with Crippen LogP contribution in [-0.2, 0) is 9.53 Å². The first-order valence-electron chi connectivity index (χ1n) is 3.53. The molecule has 0 atom stereocenters. The van der Waals surface area contributed by atoms with Crippen LogP contribution < -0.4 is 0 Å². The second kappa shape index (κ2) is 3.03. The molecule has 61 valence electrons. The fourth-order valence-corrected chi connectivity index (χ4v) is 1.09. The minimum absolute atomic E-state index is 0.164. The summed E-state index contributed by atoms with van der Waals surface area (Å²) in [5.41, 5.74) is 0. The van der Waals surface area contributed by atoms with E-state index in [2.05, 4.69) is 33.9 Å². The second-order valence-electron chi connectivity index (χ2n) is 4.02. The molecule has 0 aromatic carbocycles. The molecule has 0 aliphatic heterocycles. The third-order valence-electron chi connectivity index (χ3n) is 2.23. The third kappa shape index (κ3) is 2.40. The molecule has 1 radical (unpaired) electrons. The zero-order valence-electron chi connectivity index (χ0n) is 7.52. The van der Waals surface area contributed by atoms with Gasteiger partial charge >= 0.3 is 0 Å². The minimum Gasteiger partial charge on any atom is -0.392 e. The zero-order valence-corrected chi connectivity index (χ0v) is 8.52. The molecule has 0 rings (SSSR count). The van der Waals surface area contributed by atoms with E-state index in [1.807, 2.05) is 0 Å². The Hall–Kier alpha value is 0.137. The Balaban J connectivity index is 4.10. The second-order valence-corrected chi connectivity index (χ2v) is 8.83. The van der Waals surface area contributed by atoms with Crippen molar-refractivity contribution in [2.75, 3.05) is 6.79 Å². The Bertz CT molecular complexity index is 105. The van der Waals surface area contributed by atoms with E-state index >= 15 is 0 Å². The Morgan fingerprint density at radius 1 is 1.30 bits per heavy atom. The van der Waals surface area contributed by atoms with Crippen LogP contribution in [0.3, 0.4) is 0 Å². The lowest BCUT2D eigenvalue weighted by Gasteiger charge is -2.34. The summed E-state index contributed by atoms with van der Waals surface area (Å²) in [7, 11) is -1.72. The molecule has 0 bridgehead atoms. The lowest BCUT2D eigenvalue weighted by Crippen LogP contribution is -2.40. The van der Waals surface area contributed by atoms with E-state index in [1.165, 1.54) is 0 Å². The molecule has 0 spiro atoms. The first kappa shape index (κ1) is 10.1. The number of hydrogen-bond donors (Lipinski definition) is 0. The van der Waals surface area contributed by atoms with E-state index in [1.54, 1.807) is 0 Å². The van der Waals surface area contributed by atoms with Crippen molar-refractivity contribution in [3.8, 4) is 0 Å². The van der Waals surface area contributed by atoms with Crippen molar-refractivity contribution in [1.29, 1.82) is 0 Å². The quantitative estimate of drug-likeness (QED) is 0.451. The molecule has 2 nitrogen and oxygen atoms in total. The number of rotatable bonds is 2. The van der Waals surface area contributed by atoms with Crippen LogP contribution >= 0.6 is 0 Å². The van der Waals surface area contributed by atoms with E-state index in [0.29, 0.717) is 0 Å². The van der Waals surface area contributed by atoms with Crippen molar-refractivity contribution in [2.45, 2.75) is 38.9 Å². The average molecular weight is 161 g/mol. The summed E-state index contributed by atoms with van der Waals surface area (Å²) in [4.78, 5) is 0. The molecular formula is C7H17O2Si. The van der Waals surface area contributed by atoms with Gasteiger partial charge in [-0.15, -0.1) is 0 Å². The average Bonchev–Trinajstić information content (AvgIpc) is 1.61. The smallest absolute Gasteiger partial charge is 0.195 e. The molecule has 0 aromatic heterocycles. The molecule has 0 N–H and O–H groups in total. The van der Waals surface area contributed by atoms with Gasteiger partial charge in [0.25, 0.3) is 0 Å². The molecule has 10 heavy (non-hydrogen) atoms. The Morgan fingerprint density at radius 3 is 1.80 bits per heavy atom. The van der Waals surface area contributed by atoms with Gasteiger partial charge in [0, 0.05) is 0 Å². The van der Waals surface area contributed by atoms with Crippen LogP contribution in [0.15, 0.2) is 0 Å². The summed E-state index contributed by atoms with van der Waals surface area (Å²) >= 11 is 0. The van der Waals surface area contributed by atoms with Gasteiger partial charge in [-0.2, -0.15) is 0 Å².